The summed E-state index contributed by atoms with van der Waals surface area (Å²) < 4.78 is 0. The molecule has 0 spiro atoms. The van der Waals surface area contributed by atoms with Crippen molar-refractivity contribution in [1.82, 2.24) is 4.90 Å². The summed E-state index contributed by atoms with van der Waals surface area (Å²) in [6.45, 7) is 10.6. The zero-order valence-corrected chi connectivity index (χ0v) is 13.2. The minimum Gasteiger partial charge on any atom is -0.341 e. The molecule has 0 saturated heterocycles. The molecule has 0 bridgehead atoms. The molecule has 0 aromatic rings. The topological polar surface area (TPSA) is 46.3 Å². The number of amides is 1. The van der Waals surface area contributed by atoms with Crippen molar-refractivity contribution in [2.45, 2.75) is 71.8 Å². The molecule has 2 N–H and O–H groups in total. The first-order valence-electron chi connectivity index (χ1n) is 7.93. The second-order valence-electron chi connectivity index (χ2n) is 7.02. The Morgan fingerprint density at radius 2 is 1.47 bits per heavy atom. The first-order valence-corrected chi connectivity index (χ1v) is 7.93. The SMILES string of the molecule is CC(C)CCN(CCC(C)C)C(=O)C1(N)CCCC1. The third-order valence-corrected chi connectivity index (χ3v) is 4.16. The molecule has 0 atom stereocenters. The van der Waals surface area contributed by atoms with Gasteiger partial charge in [-0.2, -0.15) is 0 Å². The van der Waals surface area contributed by atoms with Gasteiger partial charge in [0, 0.05) is 13.1 Å². The summed E-state index contributed by atoms with van der Waals surface area (Å²) in [6.07, 6.45) is 6.08. The predicted molar refractivity (Wildman–Crippen MR) is 80.9 cm³/mol. The number of hydrogen-bond donors (Lipinski definition) is 1. The average molecular weight is 268 g/mol. The van der Waals surface area contributed by atoms with Crippen LogP contribution in [0.25, 0.3) is 0 Å². The van der Waals surface area contributed by atoms with Crippen LogP contribution in [0.5, 0.6) is 0 Å². The van der Waals surface area contributed by atoms with E-state index < -0.39 is 5.54 Å². The summed E-state index contributed by atoms with van der Waals surface area (Å²) in [4.78, 5) is 14.7. The molecule has 0 aromatic heterocycles. The monoisotopic (exact) mass is 268 g/mol. The Balaban J connectivity index is 2.62. The van der Waals surface area contributed by atoms with Crippen LogP contribution in [0, 0.1) is 11.8 Å². The van der Waals surface area contributed by atoms with E-state index in [-0.39, 0.29) is 5.91 Å². The van der Waals surface area contributed by atoms with Gasteiger partial charge in [0.25, 0.3) is 0 Å². The van der Waals surface area contributed by atoms with Crippen LogP contribution in [0.4, 0.5) is 0 Å². The number of nitrogens with two attached hydrogens (primary N) is 1. The predicted octanol–water partition coefficient (Wildman–Crippen LogP) is 3.18. The van der Waals surface area contributed by atoms with Gasteiger partial charge in [-0.1, -0.05) is 40.5 Å². The molecule has 1 aliphatic carbocycles. The summed E-state index contributed by atoms with van der Waals surface area (Å²) in [6, 6.07) is 0. The van der Waals surface area contributed by atoms with Crippen molar-refractivity contribution in [2.24, 2.45) is 17.6 Å². The van der Waals surface area contributed by atoms with Crippen LogP contribution in [-0.2, 0) is 4.79 Å². The van der Waals surface area contributed by atoms with Gasteiger partial charge in [-0.3, -0.25) is 4.79 Å². The molecule has 3 heteroatoms. The maximum Gasteiger partial charge on any atom is 0.242 e. The van der Waals surface area contributed by atoms with Gasteiger partial charge < -0.3 is 10.6 Å². The molecule has 1 fully saturated rings. The van der Waals surface area contributed by atoms with Gasteiger partial charge in [0.15, 0.2) is 0 Å². The number of nitrogens with zero attached hydrogens (tertiary/aromatic N) is 1. The Bertz CT molecular complexity index is 268. The second-order valence-corrected chi connectivity index (χ2v) is 7.02. The van der Waals surface area contributed by atoms with E-state index in [2.05, 4.69) is 27.7 Å². The largest absolute Gasteiger partial charge is 0.341 e. The lowest BCUT2D eigenvalue weighted by atomic mass is 9.96. The maximum atomic E-state index is 12.7. The highest BCUT2D eigenvalue weighted by Gasteiger charge is 2.39. The van der Waals surface area contributed by atoms with Crippen LogP contribution >= 0.6 is 0 Å². The zero-order chi connectivity index (χ0) is 14.5. The third kappa shape index (κ3) is 5.13. The third-order valence-electron chi connectivity index (χ3n) is 4.16. The van der Waals surface area contributed by atoms with Gasteiger partial charge in [0.2, 0.25) is 5.91 Å². The van der Waals surface area contributed by atoms with Crippen LogP contribution in [0.15, 0.2) is 0 Å². The Labute approximate surface area is 118 Å². The molecule has 0 radical (unpaired) electrons. The normalized spacial score (nSPS) is 18.3. The van der Waals surface area contributed by atoms with Crippen LogP contribution < -0.4 is 5.73 Å². The summed E-state index contributed by atoms with van der Waals surface area (Å²) >= 11 is 0. The van der Waals surface area contributed by atoms with Crippen LogP contribution in [-0.4, -0.2) is 29.4 Å². The van der Waals surface area contributed by atoms with Gasteiger partial charge in [-0.25, -0.2) is 0 Å². The minimum atomic E-state index is -0.562. The molecule has 1 amide bonds. The molecule has 3 nitrogen and oxygen atoms in total. The van der Waals surface area contributed by atoms with Gasteiger partial charge >= 0.3 is 0 Å². The van der Waals surface area contributed by atoms with E-state index in [0.717, 1.165) is 51.6 Å². The van der Waals surface area contributed by atoms with Crippen LogP contribution in [0.1, 0.15) is 66.2 Å². The first-order chi connectivity index (χ1) is 8.85. The van der Waals surface area contributed by atoms with Crippen molar-refractivity contribution >= 4 is 5.91 Å². The molecular weight excluding hydrogens is 236 g/mol. The molecule has 0 aliphatic heterocycles. The molecule has 1 saturated carbocycles. The lowest BCUT2D eigenvalue weighted by Gasteiger charge is -2.32. The summed E-state index contributed by atoms with van der Waals surface area (Å²) in [5, 5.41) is 0. The van der Waals surface area contributed by atoms with Crippen molar-refractivity contribution < 1.29 is 4.79 Å². The van der Waals surface area contributed by atoms with E-state index in [1.165, 1.54) is 0 Å². The fourth-order valence-corrected chi connectivity index (χ4v) is 2.68. The lowest BCUT2D eigenvalue weighted by molar-refractivity contribution is -0.137. The van der Waals surface area contributed by atoms with E-state index >= 15 is 0 Å². The number of carbonyl (C=O) groups excluding carboxylic acids is 1. The van der Waals surface area contributed by atoms with Gasteiger partial charge in [0.1, 0.15) is 0 Å². The smallest absolute Gasteiger partial charge is 0.242 e. The minimum absolute atomic E-state index is 0.200. The van der Waals surface area contributed by atoms with Crippen molar-refractivity contribution in [3.8, 4) is 0 Å². The number of hydrogen-bond acceptors (Lipinski definition) is 2. The molecule has 19 heavy (non-hydrogen) atoms. The molecule has 1 rings (SSSR count). The van der Waals surface area contributed by atoms with Gasteiger partial charge in [-0.15, -0.1) is 0 Å². The highest BCUT2D eigenvalue weighted by Crippen LogP contribution is 2.29. The summed E-state index contributed by atoms with van der Waals surface area (Å²) in [7, 11) is 0. The van der Waals surface area contributed by atoms with E-state index in [1.807, 2.05) is 4.90 Å². The van der Waals surface area contributed by atoms with E-state index in [4.69, 9.17) is 5.73 Å². The zero-order valence-electron chi connectivity index (χ0n) is 13.2. The molecular formula is C16H32N2O. The van der Waals surface area contributed by atoms with Gasteiger partial charge in [0.05, 0.1) is 5.54 Å². The number of carbonyl (C=O) groups is 1. The quantitative estimate of drug-likeness (QED) is 0.771. The fraction of sp³-hybridized carbons (Fsp3) is 0.938. The van der Waals surface area contributed by atoms with Crippen molar-refractivity contribution in [3.63, 3.8) is 0 Å². The van der Waals surface area contributed by atoms with Crippen molar-refractivity contribution in [2.75, 3.05) is 13.1 Å². The Kier molecular flexibility index (Phi) is 6.31. The molecule has 1 aliphatic rings. The molecule has 112 valence electrons. The van der Waals surface area contributed by atoms with Crippen molar-refractivity contribution in [3.05, 3.63) is 0 Å². The Morgan fingerprint density at radius 1 is 1.05 bits per heavy atom. The van der Waals surface area contributed by atoms with Crippen LogP contribution in [0.3, 0.4) is 0 Å². The molecule has 0 aromatic carbocycles. The molecule has 0 unspecified atom stereocenters. The van der Waals surface area contributed by atoms with E-state index in [1.54, 1.807) is 0 Å². The highest BCUT2D eigenvalue weighted by atomic mass is 16.2. The average Bonchev–Trinajstić information content (AvgIpc) is 2.76. The standard InChI is InChI=1S/C16H32N2O/c1-13(2)7-11-18(12-8-14(3)4)15(19)16(17)9-5-6-10-16/h13-14H,5-12,17H2,1-4H3. The Morgan fingerprint density at radius 3 is 1.84 bits per heavy atom. The fourth-order valence-electron chi connectivity index (χ4n) is 2.68. The van der Waals surface area contributed by atoms with Crippen molar-refractivity contribution in [1.29, 1.82) is 0 Å². The lowest BCUT2D eigenvalue weighted by Crippen LogP contribution is -2.54. The summed E-state index contributed by atoms with van der Waals surface area (Å²) in [5.41, 5.74) is 5.76. The van der Waals surface area contributed by atoms with E-state index in [0.29, 0.717) is 11.8 Å². The van der Waals surface area contributed by atoms with Gasteiger partial charge in [-0.05, 0) is 37.5 Å². The van der Waals surface area contributed by atoms with Crippen LogP contribution in [0.2, 0.25) is 0 Å². The molecule has 0 heterocycles. The highest BCUT2D eigenvalue weighted by molar-refractivity contribution is 5.86. The summed E-state index contributed by atoms with van der Waals surface area (Å²) in [5.74, 6) is 1.46. The Hall–Kier alpha value is -0.570. The maximum absolute atomic E-state index is 12.7. The second kappa shape index (κ2) is 7.28. The van der Waals surface area contributed by atoms with E-state index in [9.17, 15) is 4.79 Å². The number of rotatable bonds is 7. The first kappa shape index (κ1) is 16.5.